The molecule has 4 nitrogen and oxygen atoms in total. The van der Waals surface area contributed by atoms with Crippen LogP contribution >= 0.6 is 0 Å². The molecule has 0 bridgehead atoms. The number of pyridine rings is 1. The molecule has 1 saturated heterocycles. The third-order valence-corrected chi connectivity index (χ3v) is 3.76. The number of hydrogen-bond acceptors (Lipinski definition) is 4. The van der Waals surface area contributed by atoms with E-state index in [9.17, 15) is 0 Å². The summed E-state index contributed by atoms with van der Waals surface area (Å²) in [5.41, 5.74) is 1.16. The van der Waals surface area contributed by atoms with Crippen molar-refractivity contribution in [3.8, 4) is 0 Å². The zero-order chi connectivity index (χ0) is 13.7. The van der Waals surface area contributed by atoms with Crippen molar-refractivity contribution in [3.63, 3.8) is 0 Å². The normalized spacial score (nSPS) is 20.7. The van der Waals surface area contributed by atoms with Gasteiger partial charge in [-0.25, -0.2) is 4.98 Å². The molecule has 0 radical (unpaired) electrons. The summed E-state index contributed by atoms with van der Waals surface area (Å²) in [7, 11) is 4.36. The second-order valence-corrected chi connectivity index (χ2v) is 5.54. The zero-order valence-electron chi connectivity index (χ0n) is 12.4. The summed E-state index contributed by atoms with van der Waals surface area (Å²) in [6.07, 6.45) is 2.60. The maximum absolute atomic E-state index is 4.66. The van der Waals surface area contributed by atoms with E-state index < -0.39 is 0 Å². The molecule has 0 saturated carbocycles. The molecule has 0 amide bonds. The molecule has 0 aromatic carbocycles. The summed E-state index contributed by atoms with van der Waals surface area (Å²) >= 11 is 0. The Kier molecular flexibility index (Phi) is 5.16. The minimum Gasteiger partial charge on any atom is -0.370 e. The highest BCUT2D eigenvalue weighted by Crippen LogP contribution is 2.16. The highest BCUT2D eigenvalue weighted by molar-refractivity contribution is 5.34. The molecule has 2 rings (SSSR count). The van der Waals surface area contributed by atoms with Crippen LogP contribution in [-0.4, -0.2) is 54.6 Å². The number of anilines is 1. The molecular weight excluding hydrogens is 236 g/mol. The lowest BCUT2D eigenvalue weighted by molar-refractivity contribution is 0.127. The number of nitrogens with one attached hydrogen (secondary N) is 1. The van der Waals surface area contributed by atoms with Crippen molar-refractivity contribution in [2.24, 2.45) is 0 Å². The minimum absolute atomic E-state index is 0.686. The van der Waals surface area contributed by atoms with Crippen LogP contribution in [0.25, 0.3) is 0 Å². The Morgan fingerprint density at radius 3 is 3.00 bits per heavy atom. The Morgan fingerprint density at radius 2 is 2.26 bits per heavy atom. The van der Waals surface area contributed by atoms with Gasteiger partial charge in [0.2, 0.25) is 0 Å². The second kappa shape index (κ2) is 6.87. The Labute approximate surface area is 116 Å². The van der Waals surface area contributed by atoms with Gasteiger partial charge >= 0.3 is 0 Å². The fourth-order valence-corrected chi connectivity index (χ4v) is 2.67. The molecule has 1 fully saturated rings. The van der Waals surface area contributed by atoms with Gasteiger partial charge in [0, 0.05) is 25.7 Å². The van der Waals surface area contributed by atoms with Gasteiger partial charge in [0.05, 0.1) is 5.69 Å². The highest BCUT2D eigenvalue weighted by Gasteiger charge is 2.21. The third-order valence-electron chi connectivity index (χ3n) is 3.76. The number of likely N-dealkylation sites (N-methyl/N-ethyl adjacent to an activating group) is 1. The number of rotatable bonds is 5. The maximum Gasteiger partial charge on any atom is 0.126 e. The quantitative estimate of drug-likeness (QED) is 0.880. The van der Waals surface area contributed by atoms with Crippen LogP contribution in [0.1, 0.15) is 25.5 Å². The Hall–Kier alpha value is -1.13. The minimum atomic E-state index is 0.686. The van der Waals surface area contributed by atoms with E-state index in [2.05, 4.69) is 53.3 Å². The standard InChI is InChI=1S/C15H26N4/c1-4-16-15-9-5-7-13(17-15)11-19-10-6-8-14(12-19)18(2)3/h5,7,9,14H,4,6,8,10-12H2,1-3H3,(H,16,17). The van der Waals surface area contributed by atoms with Gasteiger partial charge in [-0.15, -0.1) is 0 Å². The molecule has 1 unspecified atom stereocenters. The third kappa shape index (κ3) is 4.18. The Bertz CT molecular complexity index is 391. The van der Waals surface area contributed by atoms with Crippen LogP contribution < -0.4 is 5.32 Å². The van der Waals surface area contributed by atoms with Crippen LogP contribution in [0.2, 0.25) is 0 Å². The predicted molar refractivity (Wildman–Crippen MR) is 80.4 cm³/mol. The smallest absolute Gasteiger partial charge is 0.126 e. The van der Waals surface area contributed by atoms with Crippen molar-refractivity contribution in [2.45, 2.75) is 32.4 Å². The van der Waals surface area contributed by atoms with E-state index in [1.807, 2.05) is 6.07 Å². The highest BCUT2D eigenvalue weighted by atomic mass is 15.2. The maximum atomic E-state index is 4.66. The van der Waals surface area contributed by atoms with Gasteiger partial charge in [-0.2, -0.15) is 0 Å². The van der Waals surface area contributed by atoms with Crippen LogP contribution in [-0.2, 0) is 6.54 Å². The molecule has 1 aromatic heterocycles. The monoisotopic (exact) mass is 262 g/mol. The van der Waals surface area contributed by atoms with Crippen molar-refractivity contribution in [3.05, 3.63) is 23.9 Å². The first-order valence-corrected chi connectivity index (χ1v) is 7.27. The largest absolute Gasteiger partial charge is 0.370 e. The number of piperidine rings is 1. The molecule has 0 aliphatic carbocycles. The molecule has 1 aromatic rings. The molecular formula is C15H26N4. The second-order valence-electron chi connectivity index (χ2n) is 5.54. The van der Waals surface area contributed by atoms with Gasteiger partial charge in [0.15, 0.2) is 0 Å². The molecule has 19 heavy (non-hydrogen) atoms. The van der Waals surface area contributed by atoms with Gasteiger partial charge in [-0.05, 0) is 52.5 Å². The van der Waals surface area contributed by atoms with Gasteiger partial charge < -0.3 is 10.2 Å². The molecule has 1 aliphatic rings. The summed E-state index contributed by atoms with van der Waals surface area (Å²) in [5, 5.41) is 3.27. The summed E-state index contributed by atoms with van der Waals surface area (Å²) in [6.45, 7) is 6.32. The molecule has 1 N–H and O–H groups in total. The first-order chi connectivity index (χ1) is 9.19. The van der Waals surface area contributed by atoms with Crippen molar-refractivity contribution < 1.29 is 0 Å². The Morgan fingerprint density at radius 1 is 1.42 bits per heavy atom. The lowest BCUT2D eigenvalue weighted by Crippen LogP contribution is -2.44. The molecule has 1 aliphatic heterocycles. The van der Waals surface area contributed by atoms with Crippen molar-refractivity contribution in [2.75, 3.05) is 39.0 Å². The average molecular weight is 262 g/mol. The molecule has 0 spiro atoms. The summed E-state index contributed by atoms with van der Waals surface area (Å²) in [6, 6.07) is 6.94. The van der Waals surface area contributed by atoms with E-state index >= 15 is 0 Å². The lowest BCUT2D eigenvalue weighted by Gasteiger charge is -2.35. The van der Waals surface area contributed by atoms with E-state index in [0.29, 0.717) is 6.04 Å². The van der Waals surface area contributed by atoms with Gasteiger partial charge in [-0.1, -0.05) is 6.07 Å². The summed E-state index contributed by atoms with van der Waals surface area (Å²) < 4.78 is 0. The van der Waals surface area contributed by atoms with Crippen LogP contribution in [0.4, 0.5) is 5.82 Å². The molecule has 106 valence electrons. The van der Waals surface area contributed by atoms with Gasteiger partial charge in [0.1, 0.15) is 5.82 Å². The Balaban J connectivity index is 1.94. The number of hydrogen-bond donors (Lipinski definition) is 1. The topological polar surface area (TPSA) is 31.4 Å². The van der Waals surface area contributed by atoms with Crippen LogP contribution in [0.3, 0.4) is 0 Å². The fourth-order valence-electron chi connectivity index (χ4n) is 2.67. The van der Waals surface area contributed by atoms with E-state index in [1.54, 1.807) is 0 Å². The van der Waals surface area contributed by atoms with Crippen molar-refractivity contribution >= 4 is 5.82 Å². The zero-order valence-corrected chi connectivity index (χ0v) is 12.4. The fraction of sp³-hybridized carbons (Fsp3) is 0.667. The van der Waals surface area contributed by atoms with E-state index in [4.69, 9.17) is 0 Å². The average Bonchev–Trinajstić information content (AvgIpc) is 2.40. The molecule has 4 heteroatoms. The summed E-state index contributed by atoms with van der Waals surface area (Å²) in [4.78, 5) is 9.52. The van der Waals surface area contributed by atoms with E-state index in [0.717, 1.165) is 31.1 Å². The number of aromatic nitrogens is 1. The number of nitrogens with zero attached hydrogens (tertiary/aromatic N) is 3. The van der Waals surface area contributed by atoms with E-state index in [-0.39, 0.29) is 0 Å². The first-order valence-electron chi connectivity index (χ1n) is 7.27. The first kappa shape index (κ1) is 14.3. The van der Waals surface area contributed by atoms with E-state index in [1.165, 1.54) is 19.4 Å². The predicted octanol–water partition coefficient (Wildman–Crippen LogP) is 2.04. The SMILES string of the molecule is CCNc1cccc(CN2CCCC(N(C)C)C2)n1. The summed E-state index contributed by atoms with van der Waals surface area (Å²) in [5.74, 6) is 0.987. The van der Waals surface area contributed by atoms with Gasteiger partial charge in [0.25, 0.3) is 0 Å². The lowest BCUT2D eigenvalue weighted by atomic mass is 10.0. The number of likely N-dealkylation sites (tertiary alicyclic amines) is 1. The van der Waals surface area contributed by atoms with Crippen LogP contribution in [0, 0.1) is 0 Å². The molecule has 1 atom stereocenters. The van der Waals surface area contributed by atoms with Crippen molar-refractivity contribution in [1.29, 1.82) is 0 Å². The van der Waals surface area contributed by atoms with Crippen LogP contribution in [0.15, 0.2) is 18.2 Å². The van der Waals surface area contributed by atoms with Crippen molar-refractivity contribution in [1.82, 2.24) is 14.8 Å². The van der Waals surface area contributed by atoms with Crippen LogP contribution in [0.5, 0.6) is 0 Å². The van der Waals surface area contributed by atoms with Gasteiger partial charge in [-0.3, -0.25) is 4.90 Å². The molecule has 2 heterocycles.